The molecule has 0 radical (unpaired) electrons. The van der Waals surface area contributed by atoms with Crippen molar-refractivity contribution in [2.75, 3.05) is 0 Å². The lowest BCUT2D eigenvalue weighted by Gasteiger charge is -2.22. The van der Waals surface area contributed by atoms with Crippen LogP contribution in [0.2, 0.25) is 0 Å². The van der Waals surface area contributed by atoms with E-state index in [9.17, 15) is 18.0 Å². The molecule has 0 aromatic carbocycles. The molecule has 2 rings (SSSR count). The number of Topliss-reactive ketones (excluding diaryl/α,β-unsaturated/α-hetero) is 1. The van der Waals surface area contributed by atoms with Crippen molar-refractivity contribution in [2.24, 2.45) is 5.92 Å². The number of carbonyl (C=O) groups excluding carboxylic acids is 1. The van der Waals surface area contributed by atoms with Crippen LogP contribution in [-0.4, -0.2) is 12.0 Å². The first-order valence-corrected chi connectivity index (χ1v) is 4.56. The minimum Gasteiger partial charge on any atom is -0.468 e. The van der Waals surface area contributed by atoms with Gasteiger partial charge in [0.05, 0.1) is 17.7 Å². The molecule has 0 fully saturated rings. The average Bonchev–Trinajstić information content (AvgIpc) is 2.46. The fraction of sp³-hybridized carbons (Fsp3) is 0.500. The average molecular weight is 218 g/mol. The Balaban J connectivity index is 2.36. The SMILES string of the molecule is Cc1coc2c1C(=O)CC(C(F)(F)F)C2. The molecule has 0 bridgehead atoms. The van der Waals surface area contributed by atoms with Gasteiger partial charge in [0, 0.05) is 12.8 Å². The van der Waals surface area contributed by atoms with Crippen molar-refractivity contribution in [2.45, 2.75) is 25.9 Å². The molecule has 2 nitrogen and oxygen atoms in total. The van der Waals surface area contributed by atoms with Gasteiger partial charge in [0.15, 0.2) is 5.78 Å². The molecule has 1 aliphatic carbocycles. The van der Waals surface area contributed by atoms with Crippen LogP contribution in [0.15, 0.2) is 10.7 Å². The zero-order valence-electron chi connectivity index (χ0n) is 8.02. The number of hydrogen-bond acceptors (Lipinski definition) is 2. The third kappa shape index (κ3) is 1.66. The predicted molar refractivity (Wildman–Crippen MR) is 45.6 cm³/mol. The second kappa shape index (κ2) is 3.12. The summed E-state index contributed by atoms with van der Waals surface area (Å²) in [5, 5.41) is 0. The number of rotatable bonds is 0. The monoisotopic (exact) mass is 218 g/mol. The minimum atomic E-state index is -4.33. The Morgan fingerprint density at radius 2 is 2.07 bits per heavy atom. The first-order valence-electron chi connectivity index (χ1n) is 4.56. The maximum absolute atomic E-state index is 12.4. The predicted octanol–water partition coefficient (Wildman–Crippen LogP) is 2.90. The van der Waals surface area contributed by atoms with Gasteiger partial charge in [-0.25, -0.2) is 0 Å². The van der Waals surface area contributed by atoms with Gasteiger partial charge in [-0.2, -0.15) is 13.2 Å². The van der Waals surface area contributed by atoms with Crippen LogP contribution in [0.4, 0.5) is 13.2 Å². The second-order valence-electron chi connectivity index (χ2n) is 3.79. The van der Waals surface area contributed by atoms with Crippen LogP contribution in [-0.2, 0) is 6.42 Å². The van der Waals surface area contributed by atoms with Gasteiger partial charge >= 0.3 is 6.18 Å². The molecule has 1 atom stereocenters. The number of aryl methyl sites for hydroxylation is 1. The first-order chi connectivity index (χ1) is 6.89. The molecule has 1 unspecified atom stereocenters. The third-order valence-electron chi connectivity index (χ3n) is 2.66. The number of ketones is 1. The molecule has 15 heavy (non-hydrogen) atoms. The van der Waals surface area contributed by atoms with Gasteiger partial charge in [0.1, 0.15) is 5.76 Å². The minimum absolute atomic E-state index is 0.172. The maximum atomic E-state index is 12.4. The summed E-state index contributed by atoms with van der Waals surface area (Å²) in [4.78, 5) is 11.5. The van der Waals surface area contributed by atoms with E-state index in [4.69, 9.17) is 4.42 Å². The van der Waals surface area contributed by atoms with Crippen LogP contribution in [0.5, 0.6) is 0 Å². The number of carbonyl (C=O) groups is 1. The maximum Gasteiger partial charge on any atom is 0.392 e. The summed E-state index contributed by atoms with van der Waals surface area (Å²) in [6.45, 7) is 1.66. The van der Waals surface area contributed by atoms with Gasteiger partial charge in [-0.05, 0) is 12.5 Å². The Morgan fingerprint density at radius 1 is 1.40 bits per heavy atom. The van der Waals surface area contributed by atoms with Crippen molar-refractivity contribution in [1.29, 1.82) is 0 Å². The quantitative estimate of drug-likeness (QED) is 0.670. The summed E-state index contributed by atoms with van der Waals surface area (Å²) >= 11 is 0. The summed E-state index contributed by atoms with van der Waals surface area (Å²) in [6.07, 6.45) is -3.68. The van der Waals surface area contributed by atoms with E-state index in [-0.39, 0.29) is 12.2 Å². The highest BCUT2D eigenvalue weighted by atomic mass is 19.4. The molecule has 0 aliphatic heterocycles. The Bertz CT molecular complexity index is 403. The van der Waals surface area contributed by atoms with E-state index in [1.807, 2.05) is 0 Å². The summed E-state index contributed by atoms with van der Waals surface area (Å²) in [5.41, 5.74) is 0.964. The summed E-state index contributed by atoms with van der Waals surface area (Å²) < 4.78 is 42.2. The Hall–Kier alpha value is -1.26. The lowest BCUT2D eigenvalue weighted by atomic mass is 9.86. The largest absolute Gasteiger partial charge is 0.468 e. The van der Waals surface area contributed by atoms with Crippen LogP contribution in [0.3, 0.4) is 0 Å². The summed E-state index contributed by atoms with van der Waals surface area (Å²) in [7, 11) is 0. The van der Waals surface area contributed by atoms with Crippen molar-refractivity contribution in [3.05, 3.63) is 23.2 Å². The highest BCUT2D eigenvalue weighted by molar-refractivity contribution is 5.99. The van der Waals surface area contributed by atoms with Crippen molar-refractivity contribution in [3.63, 3.8) is 0 Å². The van der Waals surface area contributed by atoms with Crippen molar-refractivity contribution in [1.82, 2.24) is 0 Å². The Labute approximate surface area is 84.1 Å². The van der Waals surface area contributed by atoms with E-state index < -0.39 is 24.3 Å². The van der Waals surface area contributed by atoms with Crippen LogP contribution in [0, 0.1) is 12.8 Å². The van der Waals surface area contributed by atoms with E-state index in [1.165, 1.54) is 6.26 Å². The second-order valence-corrected chi connectivity index (χ2v) is 3.79. The molecule has 1 aromatic rings. The molecular formula is C10H9F3O2. The molecule has 1 aromatic heterocycles. The zero-order valence-corrected chi connectivity index (χ0v) is 8.02. The van der Waals surface area contributed by atoms with Gasteiger partial charge in [-0.15, -0.1) is 0 Å². The highest BCUT2D eigenvalue weighted by Gasteiger charge is 2.45. The number of furan rings is 1. The summed E-state index contributed by atoms with van der Waals surface area (Å²) in [5.74, 6) is -1.89. The zero-order chi connectivity index (χ0) is 11.2. The van der Waals surface area contributed by atoms with E-state index in [1.54, 1.807) is 6.92 Å². The molecule has 5 heteroatoms. The van der Waals surface area contributed by atoms with Crippen molar-refractivity contribution in [3.8, 4) is 0 Å². The van der Waals surface area contributed by atoms with Gasteiger partial charge in [-0.1, -0.05) is 0 Å². The van der Waals surface area contributed by atoms with Crippen LogP contribution in [0.1, 0.15) is 28.1 Å². The van der Waals surface area contributed by atoms with Gasteiger partial charge in [0.2, 0.25) is 0 Å². The van der Waals surface area contributed by atoms with Gasteiger partial charge in [-0.3, -0.25) is 4.79 Å². The lowest BCUT2D eigenvalue weighted by molar-refractivity contribution is -0.174. The molecule has 0 saturated carbocycles. The van der Waals surface area contributed by atoms with Gasteiger partial charge < -0.3 is 4.42 Å². The normalized spacial score (nSPS) is 21.6. The summed E-state index contributed by atoms with van der Waals surface area (Å²) in [6, 6.07) is 0. The fourth-order valence-corrected chi connectivity index (χ4v) is 1.88. The van der Waals surface area contributed by atoms with E-state index in [2.05, 4.69) is 0 Å². The molecule has 1 heterocycles. The third-order valence-corrected chi connectivity index (χ3v) is 2.66. The number of fused-ring (bicyclic) bond motifs is 1. The highest BCUT2D eigenvalue weighted by Crippen LogP contribution is 2.38. The van der Waals surface area contributed by atoms with E-state index >= 15 is 0 Å². The molecular weight excluding hydrogens is 209 g/mol. The van der Waals surface area contributed by atoms with Crippen molar-refractivity contribution >= 4 is 5.78 Å². The van der Waals surface area contributed by atoms with Crippen LogP contribution >= 0.6 is 0 Å². The number of halogens is 3. The lowest BCUT2D eigenvalue weighted by Crippen LogP contribution is -2.31. The van der Waals surface area contributed by atoms with Crippen molar-refractivity contribution < 1.29 is 22.4 Å². The molecule has 0 saturated heterocycles. The van der Waals surface area contributed by atoms with Crippen LogP contribution in [0.25, 0.3) is 0 Å². The smallest absolute Gasteiger partial charge is 0.392 e. The number of hydrogen-bond donors (Lipinski definition) is 0. The Kier molecular flexibility index (Phi) is 2.13. The standard InChI is InChI=1S/C10H9F3O2/c1-5-4-15-8-3-6(10(11,12)13)2-7(14)9(5)8/h4,6H,2-3H2,1H3. The number of alkyl halides is 3. The molecule has 0 N–H and O–H groups in total. The fourth-order valence-electron chi connectivity index (χ4n) is 1.88. The van der Waals surface area contributed by atoms with E-state index in [0.717, 1.165) is 0 Å². The molecule has 82 valence electrons. The van der Waals surface area contributed by atoms with E-state index in [0.29, 0.717) is 11.1 Å². The first kappa shape index (κ1) is 10.3. The molecule has 0 amide bonds. The molecule has 1 aliphatic rings. The topological polar surface area (TPSA) is 30.2 Å². The molecule has 0 spiro atoms. The van der Waals surface area contributed by atoms with Crippen LogP contribution < -0.4 is 0 Å². The van der Waals surface area contributed by atoms with Gasteiger partial charge in [0.25, 0.3) is 0 Å². The Morgan fingerprint density at radius 3 is 2.67 bits per heavy atom.